The molecule has 0 amide bonds. The molecule has 51 heavy (non-hydrogen) atoms. The smallest absolute Gasteiger partial charge is 0.159 e. The number of nitrogens with zero attached hydrogens (tertiary/aromatic N) is 2. The Hall–Kier alpha value is -6.84. The Labute approximate surface area is 295 Å². The third kappa shape index (κ3) is 4.74. The molecule has 8 aromatic carbocycles. The minimum Gasteiger partial charge on any atom is -0.454 e. The van der Waals surface area contributed by atoms with Crippen LogP contribution in [0.1, 0.15) is 0 Å². The lowest BCUT2D eigenvalue weighted by Gasteiger charge is -2.29. The number of fused-ring (bicyclic) bond motifs is 6. The van der Waals surface area contributed by atoms with Crippen molar-refractivity contribution in [1.29, 1.82) is 0 Å². The van der Waals surface area contributed by atoms with Crippen molar-refractivity contribution in [3.63, 3.8) is 0 Å². The van der Waals surface area contributed by atoms with Gasteiger partial charge in [-0.2, -0.15) is 0 Å². The van der Waals surface area contributed by atoms with E-state index in [0.717, 1.165) is 72.4 Å². The van der Waals surface area contributed by atoms with E-state index in [1.807, 2.05) is 6.07 Å². The third-order valence-electron chi connectivity index (χ3n) is 9.99. The first-order valence-electron chi connectivity index (χ1n) is 17.4. The third-order valence-corrected chi connectivity index (χ3v) is 9.99. The van der Waals surface area contributed by atoms with Crippen LogP contribution in [0, 0.1) is 0 Å². The van der Waals surface area contributed by atoms with E-state index in [1.54, 1.807) is 0 Å². The molecule has 0 spiro atoms. The molecule has 0 saturated carbocycles. The second kappa shape index (κ2) is 11.9. The van der Waals surface area contributed by atoms with Gasteiger partial charge in [-0.15, -0.1) is 0 Å². The van der Waals surface area contributed by atoms with Gasteiger partial charge in [0.2, 0.25) is 0 Å². The Bertz CT molecular complexity index is 2850. The summed E-state index contributed by atoms with van der Waals surface area (Å²) in [6.45, 7) is 0. The largest absolute Gasteiger partial charge is 0.454 e. The van der Waals surface area contributed by atoms with Gasteiger partial charge in [-0.25, -0.2) is 0 Å². The highest BCUT2D eigenvalue weighted by molar-refractivity contribution is 6.19. The summed E-state index contributed by atoms with van der Waals surface area (Å²) in [7, 11) is 0. The maximum atomic E-state index is 6.80. The Morgan fingerprint density at radius 2 is 1.00 bits per heavy atom. The first-order valence-corrected chi connectivity index (χ1v) is 17.4. The van der Waals surface area contributed by atoms with E-state index in [2.05, 4.69) is 198 Å². The van der Waals surface area contributed by atoms with Crippen molar-refractivity contribution in [2.24, 2.45) is 0 Å². The molecule has 0 aliphatic rings. The van der Waals surface area contributed by atoms with Crippen LogP contribution < -0.4 is 4.90 Å². The molecule has 0 fully saturated rings. The summed E-state index contributed by atoms with van der Waals surface area (Å²) in [5, 5.41) is 4.56. The SMILES string of the molecule is c1ccc(-c2ccc(-c3ccccc3)c(N(c3cccc4c3oc3ccccc34)c3cccc4c3c3ccccc3n4-c3ccccc3)c2)cc1. The Kier molecular flexibility index (Phi) is 6.81. The van der Waals surface area contributed by atoms with Crippen LogP contribution in [0.5, 0.6) is 0 Å². The van der Waals surface area contributed by atoms with Gasteiger partial charge in [-0.1, -0.05) is 146 Å². The maximum Gasteiger partial charge on any atom is 0.159 e. The molecule has 0 saturated heterocycles. The molecule has 0 radical (unpaired) electrons. The van der Waals surface area contributed by atoms with Crippen molar-refractivity contribution >= 4 is 60.8 Å². The summed E-state index contributed by atoms with van der Waals surface area (Å²) in [4.78, 5) is 2.43. The fourth-order valence-electron chi connectivity index (χ4n) is 7.73. The number of para-hydroxylation sites is 4. The molecule has 240 valence electrons. The van der Waals surface area contributed by atoms with Gasteiger partial charge in [-0.05, 0) is 65.2 Å². The van der Waals surface area contributed by atoms with Crippen LogP contribution in [-0.2, 0) is 0 Å². The minimum absolute atomic E-state index is 0.853. The number of rotatable bonds is 6. The number of anilines is 3. The fourth-order valence-corrected chi connectivity index (χ4v) is 7.73. The highest BCUT2D eigenvalue weighted by Gasteiger charge is 2.26. The van der Waals surface area contributed by atoms with Gasteiger partial charge in [-0.3, -0.25) is 0 Å². The molecule has 10 aromatic rings. The second-order valence-electron chi connectivity index (χ2n) is 12.9. The van der Waals surface area contributed by atoms with Crippen molar-refractivity contribution in [2.45, 2.75) is 0 Å². The molecule has 0 N–H and O–H groups in total. The summed E-state index contributed by atoms with van der Waals surface area (Å²) >= 11 is 0. The van der Waals surface area contributed by atoms with E-state index in [9.17, 15) is 0 Å². The highest BCUT2D eigenvalue weighted by Crippen LogP contribution is 2.49. The van der Waals surface area contributed by atoms with Crippen LogP contribution in [0.3, 0.4) is 0 Å². The predicted octanol–water partition coefficient (Wildman–Crippen LogP) is 13.5. The first kappa shape index (κ1) is 29.1. The maximum absolute atomic E-state index is 6.80. The van der Waals surface area contributed by atoms with Crippen molar-refractivity contribution in [3.05, 3.63) is 194 Å². The summed E-state index contributed by atoms with van der Waals surface area (Å²) in [5.41, 5.74) is 12.9. The number of benzene rings is 8. The molecule has 2 aromatic heterocycles. The van der Waals surface area contributed by atoms with Crippen molar-refractivity contribution in [2.75, 3.05) is 4.90 Å². The molecule has 0 aliphatic heterocycles. The molecular weight excluding hydrogens is 621 g/mol. The van der Waals surface area contributed by atoms with Crippen molar-refractivity contribution in [3.8, 4) is 27.9 Å². The van der Waals surface area contributed by atoms with Gasteiger partial charge < -0.3 is 13.9 Å². The monoisotopic (exact) mass is 652 g/mol. The Morgan fingerprint density at radius 3 is 1.80 bits per heavy atom. The lowest BCUT2D eigenvalue weighted by atomic mass is 9.96. The molecule has 0 aliphatic carbocycles. The van der Waals surface area contributed by atoms with Crippen LogP contribution in [-0.4, -0.2) is 4.57 Å². The lowest BCUT2D eigenvalue weighted by Crippen LogP contribution is -2.12. The van der Waals surface area contributed by atoms with Crippen LogP contribution in [0.15, 0.2) is 199 Å². The fraction of sp³-hybridized carbons (Fsp3) is 0. The zero-order valence-corrected chi connectivity index (χ0v) is 27.8. The minimum atomic E-state index is 0.853. The van der Waals surface area contributed by atoms with E-state index in [-0.39, 0.29) is 0 Å². The predicted molar refractivity (Wildman–Crippen MR) is 214 cm³/mol. The standard InChI is InChI=1S/C48H32N2O/c1-4-16-33(17-5-1)35-30-31-37(34-18-6-2-7-19-34)45(32-35)50(44-28-14-24-39-38-22-11-13-29-46(38)51-48(39)44)43-27-15-26-42-47(43)40-23-10-12-25-41(40)49(42)36-20-8-3-9-21-36/h1-32H. The quantitative estimate of drug-likeness (QED) is 0.178. The number of furan rings is 1. The van der Waals surface area contributed by atoms with E-state index >= 15 is 0 Å². The normalized spacial score (nSPS) is 11.5. The molecule has 0 unspecified atom stereocenters. The van der Waals surface area contributed by atoms with Gasteiger partial charge in [0.05, 0.1) is 28.1 Å². The van der Waals surface area contributed by atoms with E-state index < -0.39 is 0 Å². The average Bonchev–Trinajstić information content (AvgIpc) is 3.76. The zero-order valence-electron chi connectivity index (χ0n) is 27.8. The first-order chi connectivity index (χ1) is 25.3. The van der Waals surface area contributed by atoms with Crippen LogP contribution in [0.25, 0.3) is 71.7 Å². The van der Waals surface area contributed by atoms with E-state index in [1.165, 1.54) is 16.3 Å². The number of hydrogen-bond donors (Lipinski definition) is 0. The molecule has 0 atom stereocenters. The van der Waals surface area contributed by atoms with Crippen molar-refractivity contribution in [1.82, 2.24) is 4.57 Å². The summed E-state index contributed by atoms with van der Waals surface area (Å²) in [5.74, 6) is 0. The van der Waals surface area contributed by atoms with Gasteiger partial charge in [0.1, 0.15) is 5.58 Å². The Morgan fingerprint density at radius 1 is 0.392 bits per heavy atom. The molecule has 10 rings (SSSR count). The molecule has 3 heteroatoms. The van der Waals surface area contributed by atoms with Gasteiger partial charge in [0, 0.05) is 32.8 Å². The lowest BCUT2D eigenvalue weighted by molar-refractivity contribution is 0.669. The Balaban J connectivity index is 1.36. The van der Waals surface area contributed by atoms with Gasteiger partial charge in [0.15, 0.2) is 5.58 Å². The molecule has 0 bridgehead atoms. The zero-order chi connectivity index (χ0) is 33.7. The summed E-state index contributed by atoms with van der Waals surface area (Å²) < 4.78 is 9.18. The number of aromatic nitrogens is 1. The van der Waals surface area contributed by atoms with Crippen molar-refractivity contribution < 1.29 is 4.42 Å². The van der Waals surface area contributed by atoms with Crippen LogP contribution in [0.2, 0.25) is 0 Å². The number of hydrogen-bond acceptors (Lipinski definition) is 2. The van der Waals surface area contributed by atoms with Gasteiger partial charge >= 0.3 is 0 Å². The van der Waals surface area contributed by atoms with Crippen LogP contribution >= 0.6 is 0 Å². The topological polar surface area (TPSA) is 21.3 Å². The van der Waals surface area contributed by atoms with E-state index in [4.69, 9.17) is 4.42 Å². The second-order valence-corrected chi connectivity index (χ2v) is 12.9. The summed E-state index contributed by atoms with van der Waals surface area (Å²) in [6.07, 6.45) is 0. The average molecular weight is 653 g/mol. The highest BCUT2D eigenvalue weighted by atomic mass is 16.3. The molecule has 2 heterocycles. The van der Waals surface area contributed by atoms with Crippen LogP contribution in [0.4, 0.5) is 17.1 Å². The molecular formula is C48H32N2O. The summed E-state index contributed by atoms with van der Waals surface area (Å²) in [6, 6.07) is 69.1. The molecule has 3 nitrogen and oxygen atoms in total. The van der Waals surface area contributed by atoms with Gasteiger partial charge in [0.25, 0.3) is 0 Å². The van der Waals surface area contributed by atoms with E-state index in [0.29, 0.717) is 0 Å².